The number of fused-ring (bicyclic) bond motifs is 1. The van der Waals surface area contributed by atoms with Gasteiger partial charge in [-0.2, -0.15) is 5.10 Å². The third-order valence-corrected chi connectivity index (χ3v) is 6.60. The highest BCUT2D eigenvalue weighted by molar-refractivity contribution is 5.99. The number of aromatic nitrogens is 3. The summed E-state index contributed by atoms with van der Waals surface area (Å²) < 4.78 is 15.7. The van der Waals surface area contributed by atoms with Crippen LogP contribution in [0.25, 0.3) is 28.0 Å². The maximum absolute atomic E-state index is 14.0. The third-order valence-electron chi connectivity index (χ3n) is 6.60. The molecule has 168 valence electrons. The number of carbonyl (C=O) groups is 1. The predicted octanol–water partition coefficient (Wildman–Crippen LogP) is 5.84. The summed E-state index contributed by atoms with van der Waals surface area (Å²) in [7, 11) is 0. The Kier molecular flexibility index (Phi) is 5.67. The van der Waals surface area contributed by atoms with E-state index in [1.165, 1.54) is 18.6 Å². The lowest BCUT2D eigenvalue weighted by Gasteiger charge is -2.29. The number of halogens is 1. The van der Waals surface area contributed by atoms with Crippen molar-refractivity contribution in [1.82, 2.24) is 20.1 Å². The van der Waals surface area contributed by atoms with Crippen molar-refractivity contribution in [2.45, 2.75) is 45.6 Å². The van der Waals surface area contributed by atoms with Gasteiger partial charge in [-0.15, -0.1) is 0 Å². The van der Waals surface area contributed by atoms with Gasteiger partial charge in [0.15, 0.2) is 5.65 Å². The fraction of sp³-hybridized carbons (Fsp3) is 0.296. The summed E-state index contributed by atoms with van der Waals surface area (Å²) in [6, 6.07) is 18.1. The SMILES string of the molecule is Cc1cc(C(=O)N[C@H]2CCCC[C@@H]2C)nc2c1c(-c1ccccc1)nn2-c1cccc(F)c1. The van der Waals surface area contributed by atoms with E-state index < -0.39 is 0 Å². The first-order chi connectivity index (χ1) is 16.0. The van der Waals surface area contributed by atoms with Gasteiger partial charge in [0.05, 0.1) is 11.1 Å². The lowest BCUT2D eigenvalue weighted by atomic mass is 9.86. The number of amides is 1. The van der Waals surface area contributed by atoms with Crippen molar-refractivity contribution in [2.75, 3.05) is 0 Å². The van der Waals surface area contributed by atoms with Gasteiger partial charge in [0.2, 0.25) is 0 Å². The number of hydrogen-bond donors (Lipinski definition) is 1. The Labute approximate surface area is 192 Å². The Morgan fingerprint density at radius 2 is 1.85 bits per heavy atom. The van der Waals surface area contributed by atoms with Crippen LogP contribution >= 0.6 is 0 Å². The number of carbonyl (C=O) groups excluding carboxylic acids is 1. The van der Waals surface area contributed by atoms with Crippen molar-refractivity contribution in [3.05, 3.63) is 77.7 Å². The summed E-state index contributed by atoms with van der Waals surface area (Å²) in [4.78, 5) is 17.9. The monoisotopic (exact) mass is 442 g/mol. The molecular formula is C27H27FN4O. The second-order valence-electron chi connectivity index (χ2n) is 8.97. The minimum absolute atomic E-state index is 0.164. The second kappa shape index (κ2) is 8.77. The van der Waals surface area contributed by atoms with Crippen LogP contribution in [0.2, 0.25) is 0 Å². The Hall–Kier alpha value is -3.54. The van der Waals surface area contributed by atoms with E-state index in [0.717, 1.165) is 41.5 Å². The number of rotatable bonds is 4. The van der Waals surface area contributed by atoms with Crippen LogP contribution in [0.4, 0.5) is 4.39 Å². The molecule has 1 N–H and O–H groups in total. The lowest BCUT2D eigenvalue weighted by Crippen LogP contribution is -2.41. The molecule has 2 aromatic carbocycles. The molecule has 5 rings (SSSR count). The maximum Gasteiger partial charge on any atom is 0.270 e. The highest BCUT2D eigenvalue weighted by Crippen LogP contribution is 2.32. The van der Waals surface area contributed by atoms with E-state index in [4.69, 9.17) is 10.1 Å². The summed E-state index contributed by atoms with van der Waals surface area (Å²) in [5.41, 5.74) is 4.07. The van der Waals surface area contributed by atoms with Gasteiger partial charge in [-0.25, -0.2) is 14.1 Å². The normalized spacial score (nSPS) is 18.4. The van der Waals surface area contributed by atoms with Crippen LogP contribution in [-0.2, 0) is 0 Å². The molecule has 5 nitrogen and oxygen atoms in total. The molecular weight excluding hydrogens is 415 g/mol. The van der Waals surface area contributed by atoms with Crippen molar-refractivity contribution >= 4 is 16.9 Å². The van der Waals surface area contributed by atoms with Crippen molar-refractivity contribution in [1.29, 1.82) is 0 Å². The topological polar surface area (TPSA) is 59.8 Å². The molecule has 1 aliphatic carbocycles. The molecule has 2 aromatic heterocycles. The molecule has 0 bridgehead atoms. The molecule has 2 heterocycles. The summed E-state index contributed by atoms with van der Waals surface area (Å²) >= 11 is 0. The molecule has 0 aliphatic heterocycles. The summed E-state index contributed by atoms with van der Waals surface area (Å²) in [5, 5.41) is 8.86. The number of pyridine rings is 1. The average Bonchev–Trinajstić information content (AvgIpc) is 3.21. The molecule has 2 atom stereocenters. The van der Waals surface area contributed by atoms with Gasteiger partial charge in [-0.05, 0) is 55.5 Å². The molecule has 0 spiro atoms. The smallest absolute Gasteiger partial charge is 0.270 e. The molecule has 33 heavy (non-hydrogen) atoms. The number of benzene rings is 2. The highest BCUT2D eigenvalue weighted by atomic mass is 19.1. The van der Waals surface area contributed by atoms with Crippen molar-refractivity contribution < 1.29 is 9.18 Å². The number of aryl methyl sites for hydroxylation is 1. The zero-order chi connectivity index (χ0) is 22.9. The first-order valence-electron chi connectivity index (χ1n) is 11.5. The average molecular weight is 443 g/mol. The Balaban J connectivity index is 1.64. The van der Waals surface area contributed by atoms with Crippen LogP contribution in [0.1, 0.15) is 48.7 Å². The van der Waals surface area contributed by atoms with Crippen molar-refractivity contribution in [3.8, 4) is 16.9 Å². The third kappa shape index (κ3) is 4.13. The van der Waals surface area contributed by atoms with Crippen LogP contribution in [0, 0.1) is 18.7 Å². The van der Waals surface area contributed by atoms with E-state index >= 15 is 0 Å². The molecule has 0 unspecified atom stereocenters. The zero-order valence-electron chi connectivity index (χ0n) is 18.9. The standard InChI is InChI=1S/C27H27FN4O/c1-17-9-6-7-14-22(17)30-27(33)23-15-18(2)24-25(19-10-4-3-5-11-19)31-32(26(24)29-23)21-13-8-12-20(28)16-21/h3-5,8,10-13,15-17,22H,6-7,9,14H2,1-2H3,(H,30,33)/t17-,22-/m0/s1. The van der Waals surface area contributed by atoms with Crippen LogP contribution in [0.5, 0.6) is 0 Å². The van der Waals surface area contributed by atoms with E-state index in [-0.39, 0.29) is 17.8 Å². The van der Waals surface area contributed by atoms with E-state index in [9.17, 15) is 9.18 Å². The van der Waals surface area contributed by atoms with Gasteiger partial charge in [-0.3, -0.25) is 4.79 Å². The molecule has 6 heteroatoms. The molecule has 1 aliphatic rings. The Morgan fingerprint density at radius 3 is 2.61 bits per heavy atom. The van der Waals surface area contributed by atoms with Gasteiger partial charge in [0.1, 0.15) is 17.2 Å². The summed E-state index contributed by atoms with van der Waals surface area (Å²) in [5.74, 6) is -0.0728. The number of nitrogens with zero attached hydrogens (tertiary/aromatic N) is 3. The van der Waals surface area contributed by atoms with E-state index in [0.29, 0.717) is 22.9 Å². The molecule has 1 saturated carbocycles. The number of nitrogens with one attached hydrogen (secondary N) is 1. The van der Waals surface area contributed by atoms with Crippen LogP contribution in [0.3, 0.4) is 0 Å². The summed E-state index contributed by atoms with van der Waals surface area (Å²) in [6.07, 6.45) is 4.47. The highest BCUT2D eigenvalue weighted by Gasteiger charge is 2.25. The van der Waals surface area contributed by atoms with E-state index in [1.54, 1.807) is 16.8 Å². The Bertz CT molecular complexity index is 1310. The molecule has 0 saturated heterocycles. The molecule has 0 radical (unpaired) electrons. The maximum atomic E-state index is 14.0. The second-order valence-corrected chi connectivity index (χ2v) is 8.97. The van der Waals surface area contributed by atoms with Gasteiger partial charge in [0, 0.05) is 11.6 Å². The lowest BCUT2D eigenvalue weighted by molar-refractivity contribution is 0.0905. The molecule has 4 aromatic rings. The van der Waals surface area contributed by atoms with Crippen LogP contribution in [0.15, 0.2) is 60.7 Å². The zero-order valence-corrected chi connectivity index (χ0v) is 18.9. The van der Waals surface area contributed by atoms with Gasteiger partial charge in [0.25, 0.3) is 5.91 Å². The van der Waals surface area contributed by atoms with Crippen LogP contribution in [-0.4, -0.2) is 26.7 Å². The Morgan fingerprint density at radius 1 is 1.06 bits per heavy atom. The van der Waals surface area contributed by atoms with Gasteiger partial charge in [-0.1, -0.05) is 56.2 Å². The van der Waals surface area contributed by atoms with E-state index in [2.05, 4.69) is 12.2 Å². The number of hydrogen-bond acceptors (Lipinski definition) is 3. The van der Waals surface area contributed by atoms with Crippen molar-refractivity contribution in [3.63, 3.8) is 0 Å². The molecule has 1 amide bonds. The quantitative estimate of drug-likeness (QED) is 0.432. The predicted molar refractivity (Wildman–Crippen MR) is 128 cm³/mol. The minimum Gasteiger partial charge on any atom is -0.348 e. The fourth-order valence-electron chi connectivity index (χ4n) is 4.77. The first-order valence-corrected chi connectivity index (χ1v) is 11.5. The molecule has 1 fully saturated rings. The van der Waals surface area contributed by atoms with Crippen LogP contribution < -0.4 is 5.32 Å². The van der Waals surface area contributed by atoms with Crippen molar-refractivity contribution in [2.24, 2.45) is 5.92 Å². The van der Waals surface area contributed by atoms with E-state index in [1.807, 2.05) is 43.3 Å². The summed E-state index contributed by atoms with van der Waals surface area (Å²) in [6.45, 7) is 4.16. The first kappa shape index (κ1) is 21.3. The minimum atomic E-state index is -0.352. The largest absolute Gasteiger partial charge is 0.348 e. The fourth-order valence-corrected chi connectivity index (χ4v) is 4.77. The van der Waals surface area contributed by atoms with Gasteiger partial charge < -0.3 is 5.32 Å². The van der Waals surface area contributed by atoms with Gasteiger partial charge >= 0.3 is 0 Å².